The molecule has 0 aliphatic carbocycles. The number of carbonyl (C=O) groups excluding carboxylic acids is 1. The number of ketones is 1. The summed E-state index contributed by atoms with van der Waals surface area (Å²) in [6.07, 6.45) is 2.19. The number of hydrogen-bond donors (Lipinski definition) is 0. The number of Topliss-reactive ketones (excluding diaryl/α,β-unsaturated/α-hetero) is 1. The van der Waals surface area contributed by atoms with Gasteiger partial charge in [-0.05, 0) is 43.4 Å². The average Bonchev–Trinajstić information content (AvgIpc) is 2.30. The maximum Gasteiger partial charge on any atom is 0.163 e. The summed E-state index contributed by atoms with van der Waals surface area (Å²) >= 11 is 0. The van der Waals surface area contributed by atoms with E-state index in [4.69, 9.17) is 4.74 Å². The molecule has 0 aromatic heterocycles. The van der Waals surface area contributed by atoms with Crippen molar-refractivity contribution in [1.29, 1.82) is 0 Å². The molecule has 88 valence electrons. The first kappa shape index (κ1) is 12.8. The Morgan fingerprint density at radius 3 is 2.38 bits per heavy atom. The fourth-order valence-electron chi connectivity index (χ4n) is 2.01. The summed E-state index contributed by atoms with van der Waals surface area (Å²) in [5.41, 5.74) is 1.92. The lowest BCUT2D eigenvalue weighted by atomic mass is 9.92. The van der Waals surface area contributed by atoms with Gasteiger partial charge in [-0.15, -0.1) is 0 Å². The summed E-state index contributed by atoms with van der Waals surface area (Å²) in [7, 11) is 1.60. The van der Waals surface area contributed by atoms with Gasteiger partial charge in [0.1, 0.15) is 5.75 Å². The highest BCUT2D eigenvalue weighted by atomic mass is 16.5. The molecule has 0 aliphatic rings. The molecule has 0 heterocycles. The van der Waals surface area contributed by atoms with E-state index in [0.29, 0.717) is 17.2 Å². The van der Waals surface area contributed by atoms with Crippen LogP contribution in [0.5, 0.6) is 5.75 Å². The van der Waals surface area contributed by atoms with E-state index in [-0.39, 0.29) is 5.78 Å². The first-order chi connectivity index (χ1) is 7.63. The van der Waals surface area contributed by atoms with Crippen LogP contribution >= 0.6 is 0 Å². The highest BCUT2D eigenvalue weighted by molar-refractivity contribution is 5.97. The van der Waals surface area contributed by atoms with Gasteiger partial charge in [-0.1, -0.05) is 19.9 Å². The summed E-state index contributed by atoms with van der Waals surface area (Å²) in [4.78, 5) is 11.5. The van der Waals surface area contributed by atoms with Crippen LogP contribution in [0.4, 0.5) is 0 Å². The van der Waals surface area contributed by atoms with Gasteiger partial charge in [0, 0.05) is 0 Å². The largest absolute Gasteiger partial charge is 0.496 e. The minimum atomic E-state index is 0.0599. The van der Waals surface area contributed by atoms with Gasteiger partial charge < -0.3 is 4.74 Å². The van der Waals surface area contributed by atoms with Crippen molar-refractivity contribution in [3.8, 4) is 5.75 Å². The Bertz CT molecular complexity index is 365. The molecule has 16 heavy (non-hydrogen) atoms. The highest BCUT2D eigenvalue weighted by Crippen LogP contribution is 2.28. The van der Waals surface area contributed by atoms with Crippen LogP contribution < -0.4 is 4.74 Å². The van der Waals surface area contributed by atoms with Gasteiger partial charge in [-0.2, -0.15) is 0 Å². The smallest absolute Gasteiger partial charge is 0.163 e. The third kappa shape index (κ3) is 2.63. The van der Waals surface area contributed by atoms with Crippen molar-refractivity contribution < 1.29 is 9.53 Å². The molecular formula is C14H20O2. The highest BCUT2D eigenvalue weighted by Gasteiger charge is 2.13. The molecule has 1 rings (SSSR count). The first-order valence-corrected chi connectivity index (χ1v) is 5.82. The van der Waals surface area contributed by atoms with Crippen LogP contribution in [-0.4, -0.2) is 12.9 Å². The fourth-order valence-corrected chi connectivity index (χ4v) is 2.01. The quantitative estimate of drug-likeness (QED) is 0.705. The van der Waals surface area contributed by atoms with Gasteiger partial charge in [0.15, 0.2) is 5.78 Å². The van der Waals surface area contributed by atoms with E-state index in [1.807, 2.05) is 12.1 Å². The third-order valence-electron chi connectivity index (χ3n) is 3.06. The van der Waals surface area contributed by atoms with Crippen molar-refractivity contribution in [2.45, 2.75) is 39.5 Å². The van der Waals surface area contributed by atoms with Crippen LogP contribution in [0, 0.1) is 0 Å². The fraction of sp³-hybridized carbons (Fsp3) is 0.500. The molecule has 1 aromatic rings. The molecule has 0 atom stereocenters. The van der Waals surface area contributed by atoms with Crippen molar-refractivity contribution in [2.24, 2.45) is 0 Å². The van der Waals surface area contributed by atoms with Crippen LogP contribution in [0.25, 0.3) is 0 Å². The number of ether oxygens (including phenoxy) is 1. The molecule has 0 N–H and O–H groups in total. The van der Waals surface area contributed by atoms with Crippen molar-refractivity contribution in [3.63, 3.8) is 0 Å². The summed E-state index contributed by atoms with van der Waals surface area (Å²) in [6.45, 7) is 5.92. The zero-order chi connectivity index (χ0) is 12.1. The summed E-state index contributed by atoms with van der Waals surface area (Å²) < 4.78 is 5.19. The maximum atomic E-state index is 11.5. The Hall–Kier alpha value is -1.31. The molecule has 2 nitrogen and oxygen atoms in total. The van der Waals surface area contributed by atoms with Gasteiger partial charge >= 0.3 is 0 Å². The molecule has 0 radical (unpaired) electrons. The second kappa shape index (κ2) is 5.69. The van der Waals surface area contributed by atoms with Crippen molar-refractivity contribution in [2.75, 3.05) is 7.11 Å². The Kier molecular flexibility index (Phi) is 4.53. The summed E-state index contributed by atoms with van der Waals surface area (Å²) in [6, 6.07) is 5.92. The lowest BCUT2D eigenvalue weighted by molar-refractivity contribution is 0.101. The van der Waals surface area contributed by atoms with Crippen LogP contribution in [0.1, 0.15) is 55.5 Å². The van der Waals surface area contributed by atoms with E-state index < -0.39 is 0 Å². The minimum absolute atomic E-state index is 0.0599. The Labute approximate surface area is 97.6 Å². The average molecular weight is 220 g/mol. The second-order valence-corrected chi connectivity index (χ2v) is 4.03. The van der Waals surface area contributed by atoms with Gasteiger partial charge in [0.05, 0.1) is 12.7 Å². The van der Waals surface area contributed by atoms with Gasteiger partial charge in [0.2, 0.25) is 0 Å². The van der Waals surface area contributed by atoms with Gasteiger partial charge in [0.25, 0.3) is 0 Å². The van der Waals surface area contributed by atoms with Gasteiger partial charge in [-0.25, -0.2) is 0 Å². The SMILES string of the molecule is CCC(CC)c1ccc(OC)c(C(C)=O)c1. The Morgan fingerprint density at radius 1 is 1.31 bits per heavy atom. The van der Waals surface area contributed by atoms with Crippen molar-refractivity contribution in [3.05, 3.63) is 29.3 Å². The second-order valence-electron chi connectivity index (χ2n) is 4.03. The molecule has 2 heteroatoms. The first-order valence-electron chi connectivity index (χ1n) is 5.82. The number of rotatable bonds is 5. The molecule has 0 fully saturated rings. The van der Waals surface area contributed by atoms with Crippen LogP contribution in [0.3, 0.4) is 0 Å². The topological polar surface area (TPSA) is 26.3 Å². The van der Waals surface area contributed by atoms with E-state index >= 15 is 0 Å². The van der Waals surface area contributed by atoms with E-state index in [9.17, 15) is 4.79 Å². The molecule has 0 bridgehead atoms. The van der Waals surface area contributed by atoms with E-state index in [1.54, 1.807) is 14.0 Å². The molecule has 1 aromatic carbocycles. The van der Waals surface area contributed by atoms with Crippen molar-refractivity contribution >= 4 is 5.78 Å². The van der Waals surface area contributed by atoms with Crippen LogP contribution in [-0.2, 0) is 0 Å². The molecule has 0 unspecified atom stereocenters. The lowest BCUT2D eigenvalue weighted by Crippen LogP contribution is -2.02. The Balaban J connectivity index is 3.15. The molecule has 0 saturated heterocycles. The minimum Gasteiger partial charge on any atom is -0.496 e. The number of benzene rings is 1. The summed E-state index contributed by atoms with van der Waals surface area (Å²) in [5, 5.41) is 0. The normalized spacial score (nSPS) is 10.6. The van der Waals surface area contributed by atoms with Crippen LogP contribution in [0.15, 0.2) is 18.2 Å². The molecule has 0 spiro atoms. The third-order valence-corrected chi connectivity index (χ3v) is 3.06. The number of hydrogen-bond acceptors (Lipinski definition) is 2. The van der Waals surface area contributed by atoms with E-state index in [0.717, 1.165) is 12.8 Å². The maximum absolute atomic E-state index is 11.5. The Morgan fingerprint density at radius 2 is 1.94 bits per heavy atom. The van der Waals surface area contributed by atoms with E-state index in [2.05, 4.69) is 19.9 Å². The monoisotopic (exact) mass is 220 g/mol. The van der Waals surface area contributed by atoms with Gasteiger partial charge in [-0.3, -0.25) is 4.79 Å². The number of methoxy groups -OCH3 is 1. The molecular weight excluding hydrogens is 200 g/mol. The van der Waals surface area contributed by atoms with Crippen molar-refractivity contribution in [1.82, 2.24) is 0 Å². The predicted octanol–water partition coefficient (Wildman–Crippen LogP) is 3.80. The lowest BCUT2D eigenvalue weighted by Gasteiger charge is -2.15. The van der Waals surface area contributed by atoms with Crippen LogP contribution in [0.2, 0.25) is 0 Å². The molecule has 0 amide bonds. The zero-order valence-electron chi connectivity index (χ0n) is 10.5. The molecule has 0 aliphatic heterocycles. The number of carbonyl (C=O) groups is 1. The standard InChI is InChI=1S/C14H20O2/c1-5-11(6-2)12-7-8-14(16-4)13(9-12)10(3)15/h7-9,11H,5-6H2,1-4H3. The zero-order valence-corrected chi connectivity index (χ0v) is 10.5. The van der Waals surface area contributed by atoms with E-state index in [1.165, 1.54) is 5.56 Å². The predicted molar refractivity (Wildman–Crippen MR) is 66.3 cm³/mol. The summed E-state index contributed by atoms with van der Waals surface area (Å²) in [5.74, 6) is 1.26. The molecule has 0 saturated carbocycles.